The van der Waals surface area contributed by atoms with E-state index in [1.54, 1.807) is 0 Å². The average Bonchev–Trinajstić information content (AvgIpc) is 2.05. The molecule has 17 heavy (non-hydrogen) atoms. The molecular formula is C6H6Na2O8S. The van der Waals surface area contributed by atoms with Gasteiger partial charge in [-0.25, -0.2) is 8.42 Å². The zero-order valence-corrected chi connectivity index (χ0v) is 14.0. The Morgan fingerprint density at radius 3 is 2.41 bits per heavy atom. The quantitative estimate of drug-likeness (QED) is 0.306. The van der Waals surface area contributed by atoms with Crippen molar-refractivity contribution in [2.45, 2.75) is 12.2 Å². The maximum Gasteiger partial charge on any atom is 1.00 e. The summed E-state index contributed by atoms with van der Waals surface area (Å²) in [6.45, 7) is -0.567. The minimum atomic E-state index is -4.98. The van der Waals surface area contributed by atoms with Crippen molar-refractivity contribution >= 4 is 16.4 Å². The summed E-state index contributed by atoms with van der Waals surface area (Å²) >= 11 is 0. The second-order valence-corrected chi connectivity index (χ2v) is 3.67. The van der Waals surface area contributed by atoms with Crippen molar-refractivity contribution in [3.63, 3.8) is 0 Å². The van der Waals surface area contributed by atoms with Gasteiger partial charge < -0.3 is 24.3 Å². The van der Waals surface area contributed by atoms with Gasteiger partial charge in [0.1, 0.15) is 30.5 Å². The van der Waals surface area contributed by atoms with Gasteiger partial charge in [-0.05, 0) is 6.08 Å². The SMILES string of the molecule is O=C([O-])C1=C[C@@H](O)C(OS(=O)(=O)[O-])CO1.[Na+].[Na+]. The number of ether oxygens (including phenoxy) is 1. The summed E-state index contributed by atoms with van der Waals surface area (Å²) in [5.74, 6) is -2.29. The second kappa shape index (κ2) is 8.10. The number of carbonyl (C=O) groups is 1. The molecule has 2 atom stereocenters. The molecule has 1 aliphatic rings. The third-order valence-electron chi connectivity index (χ3n) is 1.55. The zero-order valence-electron chi connectivity index (χ0n) is 9.15. The van der Waals surface area contributed by atoms with Crippen LogP contribution in [-0.4, -0.2) is 42.9 Å². The summed E-state index contributed by atoms with van der Waals surface area (Å²) in [6.07, 6.45) is -2.32. The van der Waals surface area contributed by atoms with E-state index in [0.29, 0.717) is 6.08 Å². The molecule has 11 heteroatoms. The summed E-state index contributed by atoms with van der Waals surface area (Å²) in [6, 6.07) is 0. The van der Waals surface area contributed by atoms with Gasteiger partial charge in [0.25, 0.3) is 0 Å². The molecule has 0 saturated carbocycles. The Morgan fingerprint density at radius 2 is 2.06 bits per heavy atom. The van der Waals surface area contributed by atoms with Crippen LogP contribution in [0.25, 0.3) is 0 Å². The van der Waals surface area contributed by atoms with Crippen LogP contribution in [-0.2, 0) is 24.1 Å². The van der Waals surface area contributed by atoms with Gasteiger partial charge in [-0.2, -0.15) is 0 Å². The fourth-order valence-corrected chi connectivity index (χ4v) is 1.42. The van der Waals surface area contributed by atoms with Crippen molar-refractivity contribution < 1.29 is 96.0 Å². The van der Waals surface area contributed by atoms with E-state index in [0.717, 1.165) is 0 Å². The van der Waals surface area contributed by atoms with Gasteiger partial charge in [-0.1, -0.05) is 0 Å². The molecule has 0 amide bonds. The molecule has 0 saturated heterocycles. The third kappa shape index (κ3) is 7.11. The Hall–Kier alpha value is 0.840. The van der Waals surface area contributed by atoms with Crippen molar-refractivity contribution in [2.75, 3.05) is 6.61 Å². The molecule has 0 bridgehead atoms. The van der Waals surface area contributed by atoms with Crippen LogP contribution in [0.5, 0.6) is 0 Å². The summed E-state index contributed by atoms with van der Waals surface area (Å²) in [5.41, 5.74) is 0. The van der Waals surface area contributed by atoms with Crippen LogP contribution < -0.4 is 64.2 Å². The molecule has 0 spiro atoms. The second-order valence-electron chi connectivity index (χ2n) is 2.66. The first kappa shape index (κ1) is 20.2. The number of hydrogen-bond donors (Lipinski definition) is 1. The van der Waals surface area contributed by atoms with Gasteiger partial charge >= 0.3 is 59.1 Å². The van der Waals surface area contributed by atoms with Crippen molar-refractivity contribution in [1.82, 2.24) is 0 Å². The number of aliphatic carboxylic acids is 1. The van der Waals surface area contributed by atoms with Gasteiger partial charge in [-0.15, -0.1) is 0 Å². The Balaban J connectivity index is 0. The van der Waals surface area contributed by atoms with Crippen LogP contribution in [0.15, 0.2) is 11.8 Å². The zero-order chi connectivity index (χ0) is 11.6. The number of hydrogen-bond acceptors (Lipinski definition) is 8. The van der Waals surface area contributed by atoms with E-state index in [1.165, 1.54) is 0 Å². The Bertz CT molecular complexity index is 391. The standard InChI is InChI=1S/C6H8O8S.2Na/c7-3-1-4(6(8)9)13-2-5(3)14-15(10,11)12;;/h1,3,5,7H,2H2,(H,8,9)(H,10,11,12);;/q;2*+1/p-2/t3-,5?;;/m1../s1. The number of carboxylic acids is 1. The third-order valence-corrected chi connectivity index (χ3v) is 2.03. The maximum atomic E-state index is 10.3. The molecule has 1 aliphatic heterocycles. The Morgan fingerprint density at radius 1 is 1.53 bits per heavy atom. The molecule has 0 aromatic carbocycles. The predicted octanol–water partition coefficient (Wildman–Crippen LogP) is -9.14. The fraction of sp³-hybridized carbons (Fsp3) is 0.500. The van der Waals surface area contributed by atoms with E-state index in [1.807, 2.05) is 0 Å². The van der Waals surface area contributed by atoms with Crippen LogP contribution in [0.4, 0.5) is 0 Å². The van der Waals surface area contributed by atoms with Crippen molar-refractivity contribution in [3.05, 3.63) is 11.8 Å². The first-order chi connectivity index (χ1) is 6.79. The molecule has 0 fully saturated rings. The Kier molecular flexibility index (Phi) is 9.61. The van der Waals surface area contributed by atoms with E-state index < -0.39 is 40.9 Å². The smallest absolute Gasteiger partial charge is 0.726 e. The molecule has 1 rings (SSSR count). The minimum absolute atomic E-state index is 0. The first-order valence-electron chi connectivity index (χ1n) is 3.68. The van der Waals surface area contributed by atoms with Gasteiger partial charge in [0, 0.05) is 0 Å². The Labute approximate surface area is 142 Å². The largest absolute Gasteiger partial charge is 1.00 e. The molecule has 86 valence electrons. The first-order valence-corrected chi connectivity index (χ1v) is 5.01. The van der Waals surface area contributed by atoms with Crippen LogP contribution in [0, 0.1) is 0 Å². The normalized spacial score (nSPS) is 23.5. The van der Waals surface area contributed by atoms with E-state index in [9.17, 15) is 28.0 Å². The molecular weight excluding hydrogens is 278 g/mol. The van der Waals surface area contributed by atoms with E-state index in [4.69, 9.17) is 0 Å². The molecule has 0 aromatic heterocycles. The predicted molar refractivity (Wildman–Crippen MR) is 39.6 cm³/mol. The minimum Gasteiger partial charge on any atom is -0.726 e. The average molecular weight is 284 g/mol. The van der Waals surface area contributed by atoms with Gasteiger partial charge in [-0.3, -0.25) is 4.18 Å². The summed E-state index contributed by atoms with van der Waals surface area (Å²) < 4.78 is 38.9. The molecule has 0 radical (unpaired) electrons. The summed E-state index contributed by atoms with van der Waals surface area (Å²) in [4.78, 5) is 10.3. The topological polar surface area (TPSA) is 136 Å². The van der Waals surface area contributed by atoms with Crippen LogP contribution in [0.3, 0.4) is 0 Å². The van der Waals surface area contributed by atoms with Gasteiger partial charge in [0.2, 0.25) is 10.4 Å². The summed E-state index contributed by atoms with van der Waals surface area (Å²) in [7, 11) is -4.98. The van der Waals surface area contributed by atoms with E-state index >= 15 is 0 Å². The summed E-state index contributed by atoms with van der Waals surface area (Å²) in [5, 5.41) is 19.4. The van der Waals surface area contributed by atoms with Crippen molar-refractivity contribution in [1.29, 1.82) is 0 Å². The number of rotatable bonds is 3. The molecule has 1 heterocycles. The van der Waals surface area contributed by atoms with E-state index in [-0.39, 0.29) is 59.1 Å². The number of carbonyl (C=O) groups excluding carboxylic acids is 1. The molecule has 1 unspecified atom stereocenters. The van der Waals surface area contributed by atoms with Crippen LogP contribution >= 0.6 is 0 Å². The molecule has 8 nitrogen and oxygen atoms in total. The van der Waals surface area contributed by atoms with Crippen molar-refractivity contribution in [3.8, 4) is 0 Å². The monoisotopic (exact) mass is 284 g/mol. The van der Waals surface area contributed by atoms with Crippen LogP contribution in [0.2, 0.25) is 0 Å². The molecule has 0 aromatic rings. The number of aliphatic hydroxyl groups is 1. The van der Waals surface area contributed by atoms with Crippen LogP contribution in [0.1, 0.15) is 0 Å². The number of carboxylic acid groups (broad SMARTS) is 1. The molecule has 1 N–H and O–H groups in total. The van der Waals surface area contributed by atoms with Crippen molar-refractivity contribution in [2.24, 2.45) is 0 Å². The maximum absolute atomic E-state index is 10.3. The van der Waals surface area contributed by atoms with Gasteiger partial charge in [0.05, 0.1) is 0 Å². The van der Waals surface area contributed by atoms with Gasteiger partial charge in [0.15, 0.2) is 0 Å². The number of aliphatic hydroxyl groups excluding tert-OH is 1. The fourth-order valence-electron chi connectivity index (χ4n) is 0.944. The molecule has 0 aliphatic carbocycles. The van der Waals surface area contributed by atoms with E-state index in [2.05, 4.69) is 8.92 Å².